The van der Waals surface area contributed by atoms with Crippen molar-refractivity contribution in [3.05, 3.63) is 70.8 Å². The molecule has 2 N–H and O–H groups in total. The Bertz CT molecular complexity index is 529. The molecule has 0 aromatic heterocycles. The van der Waals surface area contributed by atoms with Crippen molar-refractivity contribution in [2.75, 3.05) is 0 Å². The number of hydrogen-bond donors (Lipinski definition) is 2. The molecule has 0 aliphatic heterocycles. The molecule has 0 bridgehead atoms. The molecule has 0 aliphatic carbocycles. The lowest BCUT2D eigenvalue weighted by Crippen LogP contribution is -2.48. The average Bonchev–Trinajstić information content (AvgIpc) is 2.38. The Hall–Kier alpha value is -1.64. The third-order valence-corrected chi connectivity index (χ3v) is 3.82. The zero-order valence-electron chi connectivity index (χ0n) is 12.5. The van der Waals surface area contributed by atoms with Gasteiger partial charge in [-0.15, -0.1) is 0 Å². The van der Waals surface area contributed by atoms with Gasteiger partial charge in [0.25, 0.3) is 0 Å². The van der Waals surface area contributed by atoms with E-state index in [0.29, 0.717) is 11.1 Å². The highest BCUT2D eigenvalue weighted by Crippen LogP contribution is 2.39. The summed E-state index contributed by atoms with van der Waals surface area (Å²) in [6.07, 6.45) is 0. The highest BCUT2D eigenvalue weighted by Gasteiger charge is 2.45. The highest BCUT2D eigenvalue weighted by molar-refractivity contribution is 5.41. The van der Waals surface area contributed by atoms with E-state index in [1.54, 1.807) is 13.8 Å². The van der Waals surface area contributed by atoms with Gasteiger partial charge in [-0.1, -0.05) is 59.7 Å². The van der Waals surface area contributed by atoms with E-state index in [0.717, 1.165) is 11.1 Å². The van der Waals surface area contributed by atoms with Gasteiger partial charge in [-0.3, -0.25) is 0 Å². The van der Waals surface area contributed by atoms with Gasteiger partial charge in [0.1, 0.15) is 5.60 Å². The van der Waals surface area contributed by atoms with Crippen LogP contribution in [0.5, 0.6) is 0 Å². The number of aliphatic hydroxyl groups is 2. The summed E-state index contributed by atoms with van der Waals surface area (Å²) < 4.78 is 0. The summed E-state index contributed by atoms with van der Waals surface area (Å²) in [5.41, 5.74) is 0.900. The fourth-order valence-electron chi connectivity index (χ4n) is 2.46. The molecule has 0 atom stereocenters. The Balaban J connectivity index is 2.62. The number of aryl methyl sites for hydroxylation is 2. The fourth-order valence-corrected chi connectivity index (χ4v) is 2.46. The standard InChI is InChI=1S/C18H22O2/c1-13-5-9-15(10-6-13)18(20,17(3,4)19)16-11-7-14(2)8-12-16/h5-12,19-20H,1-4H3. The van der Waals surface area contributed by atoms with Crippen LogP contribution in [0, 0.1) is 13.8 Å². The van der Waals surface area contributed by atoms with Crippen LogP contribution >= 0.6 is 0 Å². The molecule has 2 nitrogen and oxygen atoms in total. The summed E-state index contributed by atoms with van der Waals surface area (Å²) >= 11 is 0. The van der Waals surface area contributed by atoms with Crippen LogP contribution in [0.25, 0.3) is 0 Å². The molecule has 2 aromatic carbocycles. The summed E-state index contributed by atoms with van der Waals surface area (Å²) in [4.78, 5) is 0. The zero-order chi connectivity index (χ0) is 15.0. The second-order valence-electron chi connectivity index (χ2n) is 6.00. The Kier molecular flexibility index (Phi) is 3.72. The van der Waals surface area contributed by atoms with Crippen LogP contribution in [0.2, 0.25) is 0 Å². The summed E-state index contributed by atoms with van der Waals surface area (Å²) in [7, 11) is 0. The molecule has 20 heavy (non-hydrogen) atoms. The largest absolute Gasteiger partial charge is 0.387 e. The second kappa shape index (κ2) is 5.04. The minimum Gasteiger partial charge on any atom is -0.387 e. The van der Waals surface area contributed by atoms with Crippen molar-refractivity contribution < 1.29 is 10.2 Å². The van der Waals surface area contributed by atoms with Crippen LogP contribution in [0.4, 0.5) is 0 Å². The van der Waals surface area contributed by atoms with Crippen molar-refractivity contribution >= 4 is 0 Å². The van der Waals surface area contributed by atoms with E-state index >= 15 is 0 Å². The minimum atomic E-state index is -1.44. The lowest BCUT2D eigenvalue weighted by Gasteiger charge is -2.40. The summed E-state index contributed by atoms with van der Waals surface area (Å²) in [6, 6.07) is 15.3. The molecule has 106 valence electrons. The van der Waals surface area contributed by atoms with Crippen molar-refractivity contribution in [1.82, 2.24) is 0 Å². The molecule has 0 aliphatic rings. The van der Waals surface area contributed by atoms with Crippen LogP contribution in [0.3, 0.4) is 0 Å². The van der Waals surface area contributed by atoms with Gasteiger partial charge in [0, 0.05) is 0 Å². The van der Waals surface area contributed by atoms with Gasteiger partial charge in [-0.2, -0.15) is 0 Å². The average molecular weight is 270 g/mol. The van der Waals surface area contributed by atoms with Crippen molar-refractivity contribution in [2.24, 2.45) is 0 Å². The van der Waals surface area contributed by atoms with Gasteiger partial charge in [0.2, 0.25) is 0 Å². The lowest BCUT2D eigenvalue weighted by atomic mass is 9.74. The van der Waals surface area contributed by atoms with Gasteiger partial charge in [-0.05, 0) is 38.8 Å². The van der Waals surface area contributed by atoms with Gasteiger partial charge in [0.05, 0.1) is 5.60 Å². The monoisotopic (exact) mass is 270 g/mol. The van der Waals surface area contributed by atoms with Crippen molar-refractivity contribution in [3.63, 3.8) is 0 Å². The maximum absolute atomic E-state index is 11.2. The van der Waals surface area contributed by atoms with E-state index < -0.39 is 11.2 Å². The molecule has 0 saturated heterocycles. The first-order valence-corrected chi connectivity index (χ1v) is 6.84. The topological polar surface area (TPSA) is 40.5 Å². The minimum absolute atomic E-state index is 0.694. The Morgan fingerprint density at radius 1 is 0.650 bits per heavy atom. The molecular formula is C18H22O2. The van der Waals surface area contributed by atoms with E-state index in [4.69, 9.17) is 0 Å². The van der Waals surface area contributed by atoms with Gasteiger partial charge in [-0.25, -0.2) is 0 Å². The summed E-state index contributed by atoms with van der Waals surface area (Å²) in [6.45, 7) is 7.26. The Morgan fingerprint density at radius 2 is 0.950 bits per heavy atom. The van der Waals surface area contributed by atoms with Crippen LogP contribution in [0.1, 0.15) is 36.1 Å². The third kappa shape index (κ3) is 2.49. The first kappa shape index (κ1) is 14.8. The van der Waals surface area contributed by atoms with Crippen LogP contribution < -0.4 is 0 Å². The normalized spacial score (nSPS) is 12.5. The van der Waals surface area contributed by atoms with Crippen LogP contribution in [-0.4, -0.2) is 15.8 Å². The predicted octanol–water partition coefficient (Wildman–Crippen LogP) is 3.31. The Morgan fingerprint density at radius 3 is 1.20 bits per heavy atom. The first-order chi connectivity index (χ1) is 9.25. The van der Waals surface area contributed by atoms with Crippen molar-refractivity contribution in [2.45, 2.75) is 38.9 Å². The molecule has 0 saturated carbocycles. The first-order valence-electron chi connectivity index (χ1n) is 6.84. The molecule has 0 spiro atoms. The smallest absolute Gasteiger partial charge is 0.143 e. The van der Waals surface area contributed by atoms with E-state index in [2.05, 4.69) is 0 Å². The van der Waals surface area contributed by atoms with Gasteiger partial charge >= 0.3 is 0 Å². The number of benzene rings is 2. The van der Waals surface area contributed by atoms with E-state index in [9.17, 15) is 10.2 Å². The molecule has 0 heterocycles. The maximum Gasteiger partial charge on any atom is 0.143 e. The summed E-state index contributed by atoms with van der Waals surface area (Å²) in [5, 5.41) is 21.8. The number of hydrogen-bond acceptors (Lipinski definition) is 2. The molecular weight excluding hydrogens is 248 g/mol. The van der Waals surface area contributed by atoms with Crippen LogP contribution in [0.15, 0.2) is 48.5 Å². The third-order valence-electron chi connectivity index (χ3n) is 3.82. The van der Waals surface area contributed by atoms with Crippen LogP contribution in [-0.2, 0) is 5.60 Å². The summed E-state index contributed by atoms with van der Waals surface area (Å²) in [5.74, 6) is 0. The SMILES string of the molecule is Cc1ccc(C(O)(c2ccc(C)cc2)C(C)(C)O)cc1. The van der Waals surface area contributed by atoms with Crippen molar-refractivity contribution in [3.8, 4) is 0 Å². The zero-order valence-corrected chi connectivity index (χ0v) is 12.5. The molecule has 2 aromatic rings. The molecule has 0 unspecified atom stereocenters. The molecule has 2 rings (SSSR count). The quantitative estimate of drug-likeness (QED) is 0.898. The highest BCUT2D eigenvalue weighted by atomic mass is 16.4. The van der Waals surface area contributed by atoms with Crippen molar-refractivity contribution in [1.29, 1.82) is 0 Å². The predicted molar refractivity (Wildman–Crippen MR) is 81.7 cm³/mol. The maximum atomic E-state index is 11.2. The molecule has 2 heteroatoms. The molecule has 0 amide bonds. The fraction of sp³-hybridized carbons (Fsp3) is 0.333. The van der Waals surface area contributed by atoms with Gasteiger partial charge < -0.3 is 10.2 Å². The van der Waals surface area contributed by atoms with E-state index in [1.807, 2.05) is 62.4 Å². The Labute approximate surface area is 120 Å². The van der Waals surface area contributed by atoms with E-state index in [1.165, 1.54) is 0 Å². The molecule has 0 radical (unpaired) electrons. The number of rotatable bonds is 3. The lowest BCUT2D eigenvalue weighted by molar-refractivity contribution is -0.110. The van der Waals surface area contributed by atoms with E-state index in [-0.39, 0.29) is 0 Å². The second-order valence-corrected chi connectivity index (χ2v) is 6.00. The molecule has 0 fully saturated rings. The van der Waals surface area contributed by atoms with Gasteiger partial charge in [0.15, 0.2) is 0 Å².